The molecule has 0 aromatic rings. The van der Waals surface area contributed by atoms with Crippen molar-refractivity contribution in [2.75, 3.05) is 33.2 Å². The Morgan fingerprint density at radius 3 is 2.41 bits per heavy atom. The number of hydrogen-bond donors (Lipinski definition) is 2. The predicted octanol–water partition coefficient (Wildman–Crippen LogP) is -1.02. The second-order valence-electron chi connectivity index (χ2n) is 4.78. The normalized spacial score (nSPS) is 32.2. The number of likely N-dealkylation sites (N-methyl/N-ethyl adjacent to an activating group) is 1. The summed E-state index contributed by atoms with van der Waals surface area (Å²) >= 11 is 0. The molecule has 0 amide bonds. The minimum Gasteiger partial charge on any atom is -0.390 e. The van der Waals surface area contributed by atoms with E-state index in [1.165, 1.54) is 8.61 Å². The van der Waals surface area contributed by atoms with E-state index in [9.17, 15) is 13.5 Å². The topological polar surface area (TPSA) is 72.9 Å². The van der Waals surface area contributed by atoms with Crippen LogP contribution in [0, 0.1) is 0 Å². The molecule has 100 valence electrons. The van der Waals surface area contributed by atoms with E-state index in [2.05, 4.69) is 5.32 Å². The zero-order chi connectivity index (χ0) is 12.5. The monoisotopic (exact) mass is 263 g/mol. The van der Waals surface area contributed by atoms with Crippen LogP contribution in [-0.4, -0.2) is 67.5 Å². The summed E-state index contributed by atoms with van der Waals surface area (Å²) in [5, 5.41) is 12.7. The fraction of sp³-hybridized carbons (Fsp3) is 1.00. The van der Waals surface area contributed by atoms with Crippen molar-refractivity contribution >= 4 is 10.2 Å². The molecule has 2 atom stereocenters. The summed E-state index contributed by atoms with van der Waals surface area (Å²) in [4.78, 5) is 0. The van der Waals surface area contributed by atoms with Crippen LogP contribution in [0.15, 0.2) is 0 Å². The highest BCUT2D eigenvalue weighted by Crippen LogP contribution is 2.19. The van der Waals surface area contributed by atoms with E-state index in [4.69, 9.17) is 0 Å². The molecule has 6 nitrogen and oxygen atoms in total. The minimum absolute atomic E-state index is 0.345. The zero-order valence-corrected chi connectivity index (χ0v) is 11.0. The molecule has 0 saturated carbocycles. The lowest BCUT2D eigenvalue weighted by Gasteiger charge is -2.33. The van der Waals surface area contributed by atoms with E-state index in [-0.39, 0.29) is 6.04 Å². The summed E-state index contributed by atoms with van der Waals surface area (Å²) in [5.41, 5.74) is 0. The summed E-state index contributed by atoms with van der Waals surface area (Å²) in [6, 6.07) is -0.345. The molecule has 7 heteroatoms. The van der Waals surface area contributed by atoms with E-state index in [0.29, 0.717) is 26.2 Å². The first-order chi connectivity index (χ1) is 8.03. The van der Waals surface area contributed by atoms with Gasteiger partial charge in [0.25, 0.3) is 10.2 Å². The first-order valence-electron chi connectivity index (χ1n) is 6.15. The Hall–Kier alpha value is -0.210. The number of aliphatic hydroxyl groups is 1. The van der Waals surface area contributed by atoms with E-state index < -0.39 is 16.3 Å². The highest BCUT2D eigenvalue weighted by atomic mass is 32.2. The highest BCUT2D eigenvalue weighted by molar-refractivity contribution is 7.86. The van der Waals surface area contributed by atoms with Gasteiger partial charge in [-0.25, -0.2) is 0 Å². The molecule has 0 unspecified atom stereocenters. The third kappa shape index (κ3) is 2.63. The lowest BCUT2D eigenvalue weighted by molar-refractivity contribution is 0.132. The lowest BCUT2D eigenvalue weighted by atomic mass is 10.2. The molecule has 2 rings (SSSR count). The molecule has 0 radical (unpaired) electrons. The number of piperidine rings is 1. The molecule has 17 heavy (non-hydrogen) atoms. The number of hydrogen-bond acceptors (Lipinski definition) is 4. The number of rotatable bonds is 3. The van der Waals surface area contributed by atoms with Gasteiger partial charge < -0.3 is 10.4 Å². The summed E-state index contributed by atoms with van der Waals surface area (Å²) in [7, 11) is -1.85. The maximum absolute atomic E-state index is 12.3. The van der Waals surface area contributed by atoms with Crippen LogP contribution in [0.1, 0.15) is 19.3 Å². The van der Waals surface area contributed by atoms with E-state index in [1.54, 1.807) is 7.05 Å². The van der Waals surface area contributed by atoms with E-state index in [1.807, 2.05) is 0 Å². The zero-order valence-electron chi connectivity index (χ0n) is 10.2. The van der Waals surface area contributed by atoms with Crippen LogP contribution >= 0.6 is 0 Å². The SMILES string of the molecule is CN([C@@H]1CNC[C@H]1O)S(=O)(=O)N1CCCCC1. The average molecular weight is 263 g/mol. The first kappa shape index (κ1) is 13.2. The van der Waals surface area contributed by atoms with Gasteiger partial charge in [-0.1, -0.05) is 6.42 Å². The van der Waals surface area contributed by atoms with Gasteiger partial charge >= 0.3 is 0 Å². The molecule has 2 N–H and O–H groups in total. The standard InChI is InChI=1S/C10H21N3O3S/c1-12(9-7-11-8-10(9)14)17(15,16)13-5-3-2-4-6-13/h9-11,14H,2-8H2,1H3/t9-,10-/m1/s1. The van der Waals surface area contributed by atoms with Crippen molar-refractivity contribution in [2.45, 2.75) is 31.4 Å². The summed E-state index contributed by atoms with van der Waals surface area (Å²) in [6.07, 6.45) is 2.35. The molecule has 2 aliphatic rings. The lowest BCUT2D eigenvalue weighted by Crippen LogP contribution is -2.51. The Balaban J connectivity index is 2.08. The molecular formula is C10H21N3O3S. The van der Waals surface area contributed by atoms with Gasteiger partial charge in [0.05, 0.1) is 12.1 Å². The van der Waals surface area contributed by atoms with Crippen molar-refractivity contribution < 1.29 is 13.5 Å². The molecule has 0 spiro atoms. The number of aliphatic hydroxyl groups excluding tert-OH is 1. The van der Waals surface area contributed by atoms with E-state index in [0.717, 1.165) is 19.3 Å². The Morgan fingerprint density at radius 2 is 1.88 bits per heavy atom. The van der Waals surface area contributed by atoms with Gasteiger partial charge in [-0.2, -0.15) is 17.0 Å². The van der Waals surface area contributed by atoms with Crippen molar-refractivity contribution in [2.24, 2.45) is 0 Å². The van der Waals surface area contributed by atoms with Crippen molar-refractivity contribution in [3.8, 4) is 0 Å². The Labute approximate surface area is 103 Å². The van der Waals surface area contributed by atoms with Gasteiger partial charge in [0, 0.05) is 33.2 Å². The van der Waals surface area contributed by atoms with Crippen molar-refractivity contribution in [1.82, 2.24) is 13.9 Å². The Kier molecular flexibility index (Phi) is 4.04. The Bertz CT molecular complexity index is 354. The van der Waals surface area contributed by atoms with Crippen molar-refractivity contribution in [3.63, 3.8) is 0 Å². The smallest absolute Gasteiger partial charge is 0.282 e. The quantitative estimate of drug-likeness (QED) is 0.684. The largest absolute Gasteiger partial charge is 0.390 e. The van der Waals surface area contributed by atoms with Crippen LogP contribution in [0.4, 0.5) is 0 Å². The van der Waals surface area contributed by atoms with Crippen LogP contribution in [0.3, 0.4) is 0 Å². The second kappa shape index (κ2) is 5.19. The van der Waals surface area contributed by atoms with Gasteiger partial charge in [-0.3, -0.25) is 0 Å². The molecule has 0 aliphatic carbocycles. The summed E-state index contributed by atoms with van der Waals surface area (Å²) in [5.74, 6) is 0. The van der Waals surface area contributed by atoms with Gasteiger partial charge in [0.15, 0.2) is 0 Å². The van der Waals surface area contributed by atoms with Crippen LogP contribution in [-0.2, 0) is 10.2 Å². The predicted molar refractivity (Wildman–Crippen MR) is 64.8 cm³/mol. The van der Waals surface area contributed by atoms with E-state index >= 15 is 0 Å². The molecule has 2 heterocycles. The first-order valence-corrected chi connectivity index (χ1v) is 7.55. The van der Waals surface area contributed by atoms with Crippen molar-refractivity contribution in [1.29, 1.82) is 0 Å². The van der Waals surface area contributed by atoms with Crippen LogP contribution in [0.25, 0.3) is 0 Å². The van der Waals surface area contributed by atoms with Gasteiger partial charge in [-0.15, -0.1) is 0 Å². The fourth-order valence-electron chi connectivity index (χ4n) is 2.47. The molecule has 2 aliphatic heterocycles. The maximum atomic E-state index is 12.3. The molecular weight excluding hydrogens is 242 g/mol. The summed E-state index contributed by atoms with van der Waals surface area (Å²) < 4.78 is 27.5. The number of nitrogens with zero attached hydrogens (tertiary/aromatic N) is 2. The van der Waals surface area contributed by atoms with Crippen LogP contribution in [0.5, 0.6) is 0 Å². The molecule has 0 aromatic heterocycles. The molecule has 0 aromatic carbocycles. The number of β-amino-alcohol motifs (C(OH)–C–C–N with tert-alkyl or cyclic N) is 1. The molecule has 0 bridgehead atoms. The maximum Gasteiger partial charge on any atom is 0.282 e. The van der Waals surface area contributed by atoms with Gasteiger partial charge in [0.1, 0.15) is 0 Å². The molecule has 2 fully saturated rings. The summed E-state index contributed by atoms with van der Waals surface area (Å²) in [6.45, 7) is 2.18. The second-order valence-corrected chi connectivity index (χ2v) is 6.76. The molecule has 2 saturated heterocycles. The van der Waals surface area contributed by atoms with Gasteiger partial charge in [0.2, 0.25) is 0 Å². The van der Waals surface area contributed by atoms with Crippen LogP contribution in [0.2, 0.25) is 0 Å². The van der Waals surface area contributed by atoms with Crippen molar-refractivity contribution in [3.05, 3.63) is 0 Å². The fourth-order valence-corrected chi connectivity index (χ4v) is 4.11. The van der Waals surface area contributed by atoms with Crippen LogP contribution < -0.4 is 5.32 Å². The third-order valence-corrected chi connectivity index (χ3v) is 5.64. The minimum atomic E-state index is -3.41. The number of nitrogens with one attached hydrogen (secondary N) is 1. The Morgan fingerprint density at radius 1 is 1.24 bits per heavy atom. The third-order valence-electron chi connectivity index (χ3n) is 3.62. The highest BCUT2D eigenvalue weighted by Gasteiger charge is 2.38. The average Bonchev–Trinajstić information content (AvgIpc) is 2.75. The van der Waals surface area contributed by atoms with Gasteiger partial charge in [-0.05, 0) is 12.8 Å².